The maximum Gasteiger partial charge on any atom is 0.329 e. The van der Waals surface area contributed by atoms with Gasteiger partial charge in [0.2, 0.25) is 15.5 Å². The lowest BCUT2D eigenvalue weighted by atomic mass is 10.0. The lowest BCUT2D eigenvalue weighted by molar-refractivity contribution is -0.135. The second-order valence-electron chi connectivity index (χ2n) is 8.10. The van der Waals surface area contributed by atoms with E-state index in [1.165, 1.54) is 37.3 Å². The highest BCUT2D eigenvalue weighted by molar-refractivity contribution is 7.89. The standard InChI is InChI=1S/C26H22ClNO6S/c1-15-4-11-21(12-5-15)35(31,32)28-16(2)26(30)34-20-10-13-22-23(14-20)33-17(3)24(25(22)29)18-6-8-19(27)9-7-18/h4-14,16,28H,1-3H3. The van der Waals surface area contributed by atoms with Crippen molar-refractivity contribution < 1.29 is 22.4 Å². The molecule has 4 aromatic rings. The van der Waals surface area contributed by atoms with E-state index < -0.39 is 22.0 Å². The Balaban J connectivity index is 1.56. The molecule has 0 bridgehead atoms. The predicted molar refractivity (Wildman–Crippen MR) is 134 cm³/mol. The molecule has 0 aliphatic carbocycles. The van der Waals surface area contributed by atoms with Crippen LogP contribution in [0, 0.1) is 13.8 Å². The lowest BCUT2D eigenvalue weighted by Gasteiger charge is -2.14. The molecular weight excluding hydrogens is 490 g/mol. The number of hydrogen-bond donors (Lipinski definition) is 1. The molecule has 0 spiro atoms. The van der Waals surface area contributed by atoms with Crippen LogP contribution in [-0.4, -0.2) is 20.4 Å². The van der Waals surface area contributed by atoms with Crippen LogP contribution >= 0.6 is 11.6 Å². The van der Waals surface area contributed by atoms with Crippen LogP contribution < -0.4 is 14.9 Å². The Hall–Kier alpha value is -3.46. The van der Waals surface area contributed by atoms with Crippen molar-refractivity contribution in [3.05, 3.63) is 93.3 Å². The third kappa shape index (κ3) is 5.30. The maximum absolute atomic E-state index is 13.1. The average Bonchev–Trinajstić information content (AvgIpc) is 2.80. The van der Waals surface area contributed by atoms with Gasteiger partial charge in [-0.1, -0.05) is 41.4 Å². The number of carbonyl (C=O) groups excluding carboxylic acids is 1. The van der Waals surface area contributed by atoms with Gasteiger partial charge < -0.3 is 9.15 Å². The lowest BCUT2D eigenvalue weighted by Crippen LogP contribution is -2.40. The summed E-state index contributed by atoms with van der Waals surface area (Å²) in [5.74, 6) is -0.296. The van der Waals surface area contributed by atoms with E-state index in [1.54, 1.807) is 43.3 Å². The first-order chi connectivity index (χ1) is 16.5. The largest absolute Gasteiger partial charge is 0.460 e. The molecule has 35 heavy (non-hydrogen) atoms. The topological polar surface area (TPSA) is 103 Å². The number of halogens is 1. The van der Waals surface area contributed by atoms with Crippen molar-refractivity contribution in [2.45, 2.75) is 31.7 Å². The fourth-order valence-corrected chi connectivity index (χ4v) is 4.89. The van der Waals surface area contributed by atoms with Crippen LogP contribution in [0.5, 0.6) is 5.75 Å². The second-order valence-corrected chi connectivity index (χ2v) is 10.3. The second kappa shape index (κ2) is 9.65. The molecule has 1 heterocycles. The van der Waals surface area contributed by atoms with Crippen LogP contribution in [0.2, 0.25) is 5.02 Å². The predicted octanol–water partition coefficient (Wildman–Crippen LogP) is 5.00. The van der Waals surface area contributed by atoms with Gasteiger partial charge in [0.1, 0.15) is 23.1 Å². The fourth-order valence-electron chi connectivity index (χ4n) is 3.57. The monoisotopic (exact) mass is 511 g/mol. The number of sulfonamides is 1. The Labute approximate surface area is 207 Å². The smallest absolute Gasteiger partial charge is 0.329 e. The van der Waals surface area contributed by atoms with Crippen LogP contribution in [0.4, 0.5) is 0 Å². The molecule has 9 heteroatoms. The summed E-state index contributed by atoms with van der Waals surface area (Å²) in [4.78, 5) is 25.7. The van der Waals surface area contributed by atoms with Gasteiger partial charge in [-0.2, -0.15) is 4.72 Å². The average molecular weight is 512 g/mol. The van der Waals surface area contributed by atoms with Crippen LogP contribution in [0.25, 0.3) is 22.1 Å². The molecule has 0 fully saturated rings. The van der Waals surface area contributed by atoms with E-state index in [2.05, 4.69) is 4.72 Å². The van der Waals surface area contributed by atoms with Crippen LogP contribution in [0.1, 0.15) is 18.2 Å². The minimum absolute atomic E-state index is 0.0437. The molecular formula is C26H22ClNO6S. The van der Waals surface area contributed by atoms with Crippen molar-refractivity contribution in [2.75, 3.05) is 0 Å². The molecule has 0 aliphatic rings. The highest BCUT2D eigenvalue weighted by Gasteiger charge is 2.24. The third-order valence-corrected chi connectivity index (χ3v) is 7.22. The Morgan fingerprint density at radius 3 is 2.31 bits per heavy atom. The van der Waals surface area contributed by atoms with Crippen LogP contribution in [0.3, 0.4) is 0 Å². The van der Waals surface area contributed by atoms with Crippen LogP contribution in [0.15, 0.2) is 80.8 Å². The first-order valence-corrected chi connectivity index (χ1v) is 12.6. The van der Waals surface area contributed by atoms with Gasteiger partial charge in [-0.3, -0.25) is 4.79 Å². The first-order valence-electron chi connectivity index (χ1n) is 10.7. The van der Waals surface area contributed by atoms with Gasteiger partial charge >= 0.3 is 5.97 Å². The maximum atomic E-state index is 13.1. The molecule has 7 nitrogen and oxygen atoms in total. The number of esters is 1. The summed E-state index contributed by atoms with van der Waals surface area (Å²) in [6.07, 6.45) is 0. The van der Waals surface area contributed by atoms with Gasteiger partial charge in [-0.05, 0) is 62.7 Å². The van der Waals surface area contributed by atoms with E-state index in [4.69, 9.17) is 20.8 Å². The molecule has 1 unspecified atom stereocenters. The summed E-state index contributed by atoms with van der Waals surface area (Å²) in [6, 6.07) is 16.3. The molecule has 4 rings (SSSR count). The van der Waals surface area contributed by atoms with Crippen molar-refractivity contribution in [1.82, 2.24) is 4.72 Å². The van der Waals surface area contributed by atoms with E-state index in [9.17, 15) is 18.0 Å². The van der Waals surface area contributed by atoms with Crippen molar-refractivity contribution in [2.24, 2.45) is 0 Å². The number of rotatable bonds is 6. The first kappa shape index (κ1) is 24.7. The summed E-state index contributed by atoms with van der Waals surface area (Å²) in [5.41, 5.74) is 2.01. The number of aryl methyl sites for hydroxylation is 2. The van der Waals surface area contributed by atoms with E-state index in [-0.39, 0.29) is 21.7 Å². The van der Waals surface area contributed by atoms with Gasteiger partial charge in [0.05, 0.1) is 15.8 Å². The Bertz CT molecular complexity index is 1580. The minimum Gasteiger partial charge on any atom is -0.460 e. The van der Waals surface area contributed by atoms with E-state index in [0.29, 0.717) is 27.3 Å². The highest BCUT2D eigenvalue weighted by Crippen LogP contribution is 2.27. The normalized spacial score (nSPS) is 12.5. The molecule has 1 N–H and O–H groups in total. The van der Waals surface area contributed by atoms with Gasteiger partial charge in [-0.25, -0.2) is 13.2 Å². The highest BCUT2D eigenvalue weighted by atomic mass is 35.5. The number of nitrogens with one attached hydrogen (secondary N) is 1. The zero-order valence-electron chi connectivity index (χ0n) is 19.2. The number of carbonyl (C=O) groups is 1. The van der Waals surface area contributed by atoms with Gasteiger partial charge in [-0.15, -0.1) is 0 Å². The van der Waals surface area contributed by atoms with Crippen molar-refractivity contribution in [3.63, 3.8) is 0 Å². The summed E-state index contributed by atoms with van der Waals surface area (Å²) in [7, 11) is -3.91. The molecule has 0 radical (unpaired) electrons. The Morgan fingerprint density at radius 2 is 1.66 bits per heavy atom. The Kier molecular flexibility index (Phi) is 6.80. The number of fused-ring (bicyclic) bond motifs is 1. The Morgan fingerprint density at radius 1 is 1.00 bits per heavy atom. The molecule has 0 amide bonds. The van der Waals surface area contributed by atoms with Crippen LogP contribution in [-0.2, 0) is 14.8 Å². The van der Waals surface area contributed by atoms with Gasteiger partial charge in [0.15, 0.2) is 0 Å². The minimum atomic E-state index is -3.91. The quantitative estimate of drug-likeness (QED) is 0.288. The molecule has 3 aromatic carbocycles. The molecule has 0 saturated heterocycles. The summed E-state index contributed by atoms with van der Waals surface area (Å²) >= 11 is 5.95. The third-order valence-electron chi connectivity index (χ3n) is 5.41. The molecule has 0 aliphatic heterocycles. The number of benzene rings is 3. The van der Waals surface area contributed by atoms with E-state index in [1.807, 2.05) is 6.92 Å². The zero-order chi connectivity index (χ0) is 25.3. The molecule has 1 aromatic heterocycles. The van der Waals surface area contributed by atoms with E-state index in [0.717, 1.165) is 5.56 Å². The molecule has 1 atom stereocenters. The van der Waals surface area contributed by atoms with Crippen molar-refractivity contribution >= 4 is 38.6 Å². The van der Waals surface area contributed by atoms with Crippen molar-refractivity contribution in [1.29, 1.82) is 0 Å². The summed E-state index contributed by atoms with van der Waals surface area (Å²) in [6.45, 7) is 4.90. The number of hydrogen-bond acceptors (Lipinski definition) is 6. The zero-order valence-corrected chi connectivity index (χ0v) is 20.7. The summed E-state index contributed by atoms with van der Waals surface area (Å²) in [5, 5.41) is 0.867. The fraction of sp³-hybridized carbons (Fsp3) is 0.154. The van der Waals surface area contributed by atoms with Gasteiger partial charge in [0.25, 0.3) is 0 Å². The number of ether oxygens (including phenoxy) is 1. The molecule has 180 valence electrons. The van der Waals surface area contributed by atoms with Gasteiger partial charge in [0, 0.05) is 11.1 Å². The van der Waals surface area contributed by atoms with Crippen molar-refractivity contribution in [3.8, 4) is 16.9 Å². The van der Waals surface area contributed by atoms with E-state index >= 15 is 0 Å². The molecule has 0 saturated carbocycles. The summed E-state index contributed by atoms with van der Waals surface area (Å²) < 4.78 is 38.6. The SMILES string of the molecule is Cc1ccc(S(=O)(=O)NC(C)C(=O)Oc2ccc3c(=O)c(-c4ccc(Cl)cc4)c(C)oc3c2)cc1.